The number of hydrogen-bond acceptors (Lipinski definition) is 2. The van der Waals surface area contributed by atoms with Crippen LogP contribution in [0.4, 0.5) is 0 Å². The molecule has 2 aromatic rings. The Morgan fingerprint density at radius 1 is 1.00 bits per heavy atom. The molecule has 0 fully saturated rings. The molecule has 0 heterocycles. The molecule has 2 aromatic carbocycles. The molecule has 21 heavy (non-hydrogen) atoms. The minimum absolute atomic E-state index is 0.0614. The molecule has 0 bridgehead atoms. The van der Waals surface area contributed by atoms with E-state index in [4.69, 9.17) is 11.6 Å². The van der Waals surface area contributed by atoms with Gasteiger partial charge in [-0.25, -0.2) is 0 Å². The van der Waals surface area contributed by atoms with Crippen LogP contribution in [0.1, 0.15) is 35.3 Å². The van der Waals surface area contributed by atoms with Gasteiger partial charge in [-0.15, -0.1) is 0 Å². The molecule has 3 heteroatoms. The number of aliphatic hydroxyl groups is 1. The Kier molecular flexibility index (Phi) is 4.47. The molecular weight excluding hydrogens is 284 g/mol. The SMILES string of the molecule is CC(C)(O)C#Cc1ccc(C(=O)c2ccc(Cl)cc2)cc1. The zero-order chi connectivity index (χ0) is 15.5. The van der Waals surface area contributed by atoms with Gasteiger partial charge in [-0.1, -0.05) is 23.4 Å². The van der Waals surface area contributed by atoms with Crippen molar-refractivity contribution < 1.29 is 9.90 Å². The first-order chi connectivity index (χ1) is 9.85. The summed E-state index contributed by atoms with van der Waals surface area (Å²) in [4.78, 5) is 12.3. The highest BCUT2D eigenvalue weighted by molar-refractivity contribution is 6.30. The average Bonchev–Trinajstić information content (AvgIpc) is 2.45. The van der Waals surface area contributed by atoms with Crippen LogP contribution in [0.25, 0.3) is 0 Å². The van der Waals surface area contributed by atoms with Gasteiger partial charge in [-0.3, -0.25) is 4.79 Å². The molecule has 0 saturated carbocycles. The van der Waals surface area contributed by atoms with E-state index in [1.54, 1.807) is 62.4 Å². The van der Waals surface area contributed by atoms with Crippen molar-refractivity contribution in [3.8, 4) is 11.8 Å². The van der Waals surface area contributed by atoms with Crippen LogP contribution in [0.2, 0.25) is 5.02 Å². The second-order valence-electron chi connectivity index (χ2n) is 5.22. The first-order valence-corrected chi connectivity index (χ1v) is 6.89. The minimum Gasteiger partial charge on any atom is -0.378 e. The zero-order valence-corrected chi connectivity index (χ0v) is 12.6. The monoisotopic (exact) mass is 298 g/mol. The number of benzene rings is 2. The van der Waals surface area contributed by atoms with Crippen LogP contribution in [0.15, 0.2) is 48.5 Å². The summed E-state index contributed by atoms with van der Waals surface area (Å²) in [7, 11) is 0. The van der Waals surface area contributed by atoms with E-state index in [2.05, 4.69) is 11.8 Å². The van der Waals surface area contributed by atoms with Crippen LogP contribution < -0.4 is 0 Å². The topological polar surface area (TPSA) is 37.3 Å². The van der Waals surface area contributed by atoms with E-state index in [9.17, 15) is 9.90 Å². The van der Waals surface area contributed by atoms with Crippen molar-refractivity contribution in [1.82, 2.24) is 0 Å². The van der Waals surface area contributed by atoms with Crippen LogP contribution in [0, 0.1) is 11.8 Å². The summed E-state index contributed by atoms with van der Waals surface area (Å²) < 4.78 is 0. The minimum atomic E-state index is -1.03. The van der Waals surface area contributed by atoms with Crippen LogP contribution in [-0.4, -0.2) is 16.5 Å². The Bertz CT molecular complexity index is 696. The maximum atomic E-state index is 12.3. The summed E-state index contributed by atoms with van der Waals surface area (Å²) >= 11 is 5.81. The lowest BCUT2D eigenvalue weighted by Crippen LogP contribution is -2.14. The smallest absolute Gasteiger partial charge is 0.193 e. The first-order valence-electron chi connectivity index (χ1n) is 6.51. The van der Waals surface area contributed by atoms with Gasteiger partial charge < -0.3 is 5.11 Å². The van der Waals surface area contributed by atoms with Gasteiger partial charge in [0.1, 0.15) is 5.60 Å². The third-order valence-electron chi connectivity index (χ3n) is 2.77. The highest BCUT2D eigenvalue weighted by Gasteiger charge is 2.09. The molecule has 0 saturated heterocycles. The van der Waals surface area contributed by atoms with Gasteiger partial charge in [0.15, 0.2) is 5.78 Å². The molecule has 0 aromatic heterocycles. The molecule has 2 rings (SSSR count). The van der Waals surface area contributed by atoms with Crippen LogP contribution in [-0.2, 0) is 0 Å². The van der Waals surface area contributed by atoms with Gasteiger partial charge in [0.05, 0.1) is 0 Å². The van der Waals surface area contributed by atoms with E-state index < -0.39 is 5.60 Å². The fourth-order valence-electron chi connectivity index (χ4n) is 1.70. The lowest BCUT2D eigenvalue weighted by Gasteiger charge is -2.06. The standard InChI is InChI=1S/C18H15ClO2/c1-18(2,21)12-11-13-3-5-14(6-4-13)17(20)15-7-9-16(19)10-8-15/h3-10,21H,1-2H3. The fourth-order valence-corrected chi connectivity index (χ4v) is 1.82. The van der Waals surface area contributed by atoms with Crippen molar-refractivity contribution in [2.75, 3.05) is 0 Å². The fraction of sp³-hybridized carbons (Fsp3) is 0.167. The van der Waals surface area contributed by atoms with E-state index in [1.807, 2.05) is 0 Å². The van der Waals surface area contributed by atoms with E-state index >= 15 is 0 Å². The van der Waals surface area contributed by atoms with Crippen molar-refractivity contribution in [2.45, 2.75) is 19.4 Å². The second-order valence-corrected chi connectivity index (χ2v) is 5.66. The Balaban J connectivity index is 2.20. The summed E-state index contributed by atoms with van der Waals surface area (Å²) in [5, 5.41) is 10.2. The van der Waals surface area contributed by atoms with Crippen molar-refractivity contribution >= 4 is 17.4 Å². The van der Waals surface area contributed by atoms with Crippen LogP contribution in [0.5, 0.6) is 0 Å². The Morgan fingerprint density at radius 3 is 1.95 bits per heavy atom. The quantitative estimate of drug-likeness (QED) is 0.678. The summed E-state index contributed by atoms with van der Waals surface area (Å²) in [6.45, 7) is 3.25. The lowest BCUT2D eigenvalue weighted by molar-refractivity contribution is 0.103. The van der Waals surface area contributed by atoms with E-state index in [1.165, 1.54) is 0 Å². The molecule has 106 valence electrons. The largest absolute Gasteiger partial charge is 0.378 e. The Morgan fingerprint density at radius 2 is 1.48 bits per heavy atom. The molecule has 0 aliphatic rings. The lowest BCUT2D eigenvalue weighted by atomic mass is 10.0. The van der Waals surface area contributed by atoms with Crippen LogP contribution >= 0.6 is 11.6 Å². The second kappa shape index (κ2) is 6.13. The van der Waals surface area contributed by atoms with E-state index in [-0.39, 0.29) is 5.78 Å². The van der Waals surface area contributed by atoms with Crippen molar-refractivity contribution in [2.24, 2.45) is 0 Å². The van der Waals surface area contributed by atoms with Gasteiger partial charge in [-0.2, -0.15) is 0 Å². The maximum Gasteiger partial charge on any atom is 0.193 e. The zero-order valence-electron chi connectivity index (χ0n) is 11.9. The van der Waals surface area contributed by atoms with Crippen molar-refractivity contribution in [3.05, 3.63) is 70.2 Å². The number of halogens is 1. The molecule has 2 nitrogen and oxygen atoms in total. The Labute approximate surface area is 129 Å². The highest BCUT2D eigenvalue weighted by Crippen LogP contribution is 2.14. The number of hydrogen-bond donors (Lipinski definition) is 1. The van der Waals surface area contributed by atoms with Crippen molar-refractivity contribution in [1.29, 1.82) is 0 Å². The summed E-state index contributed by atoms with van der Waals surface area (Å²) in [5.74, 6) is 5.54. The molecule has 0 unspecified atom stereocenters. The molecule has 0 aliphatic carbocycles. The molecule has 1 N–H and O–H groups in total. The maximum absolute atomic E-state index is 12.3. The van der Waals surface area contributed by atoms with Gasteiger partial charge in [0, 0.05) is 21.7 Å². The van der Waals surface area contributed by atoms with Gasteiger partial charge in [0.25, 0.3) is 0 Å². The number of ketones is 1. The molecule has 0 amide bonds. The predicted octanol–water partition coefficient (Wildman–Crippen LogP) is 3.69. The predicted molar refractivity (Wildman–Crippen MR) is 84.5 cm³/mol. The van der Waals surface area contributed by atoms with Crippen LogP contribution in [0.3, 0.4) is 0 Å². The average molecular weight is 299 g/mol. The first kappa shape index (κ1) is 15.3. The van der Waals surface area contributed by atoms with E-state index in [0.717, 1.165) is 5.56 Å². The molecule has 0 atom stereocenters. The molecule has 0 aliphatic heterocycles. The van der Waals surface area contributed by atoms with Gasteiger partial charge in [-0.05, 0) is 62.4 Å². The molecule has 0 spiro atoms. The van der Waals surface area contributed by atoms with E-state index in [0.29, 0.717) is 16.1 Å². The molecule has 0 radical (unpaired) electrons. The van der Waals surface area contributed by atoms with Crippen molar-refractivity contribution in [3.63, 3.8) is 0 Å². The number of carbonyl (C=O) groups excluding carboxylic acids is 1. The number of carbonyl (C=O) groups is 1. The summed E-state index contributed by atoms with van der Waals surface area (Å²) in [5.41, 5.74) is 0.906. The highest BCUT2D eigenvalue weighted by atomic mass is 35.5. The number of rotatable bonds is 2. The van der Waals surface area contributed by atoms with Gasteiger partial charge in [0.2, 0.25) is 0 Å². The third kappa shape index (κ3) is 4.46. The summed E-state index contributed by atoms with van der Waals surface area (Å²) in [6, 6.07) is 13.8. The third-order valence-corrected chi connectivity index (χ3v) is 3.02. The van der Waals surface area contributed by atoms with Gasteiger partial charge >= 0.3 is 0 Å². The summed E-state index contributed by atoms with van der Waals surface area (Å²) in [6.07, 6.45) is 0. The Hall–Kier alpha value is -2.08. The normalized spacial score (nSPS) is 10.7. The molecular formula is C18H15ClO2.